The van der Waals surface area contributed by atoms with Gasteiger partial charge in [0.1, 0.15) is 0 Å². The number of thiazole rings is 1. The number of aromatic amines is 1. The highest BCUT2D eigenvalue weighted by molar-refractivity contribution is 7.90. The van der Waals surface area contributed by atoms with Gasteiger partial charge in [-0.3, -0.25) is 14.9 Å². The fourth-order valence-electron chi connectivity index (χ4n) is 2.74. The van der Waals surface area contributed by atoms with E-state index in [4.69, 9.17) is 0 Å². The van der Waals surface area contributed by atoms with Crippen molar-refractivity contribution in [1.82, 2.24) is 14.3 Å². The molecule has 1 saturated carbocycles. The number of nitrogens with zero attached hydrogens (tertiary/aromatic N) is 2. The smallest absolute Gasteiger partial charge is 0.258 e. The molecule has 0 bridgehead atoms. The van der Waals surface area contributed by atoms with Crippen molar-refractivity contribution in [2.75, 3.05) is 11.9 Å². The van der Waals surface area contributed by atoms with Gasteiger partial charge in [-0.05, 0) is 18.9 Å². The summed E-state index contributed by atoms with van der Waals surface area (Å²) in [5.74, 6) is -0.371. The highest BCUT2D eigenvalue weighted by Crippen LogP contribution is 2.35. The number of anilines is 1. The summed E-state index contributed by atoms with van der Waals surface area (Å²) < 4.78 is 26.3. The molecule has 8 nitrogen and oxygen atoms in total. The van der Waals surface area contributed by atoms with E-state index in [0.717, 1.165) is 23.4 Å². The molecule has 132 valence electrons. The molecule has 1 fully saturated rings. The van der Waals surface area contributed by atoms with Gasteiger partial charge in [-0.2, -0.15) is 4.31 Å². The number of rotatable bonds is 4. The van der Waals surface area contributed by atoms with Crippen molar-refractivity contribution in [3.8, 4) is 0 Å². The number of sulfonamides is 1. The summed E-state index contributed by atoms with van der Waals surface area (Å²) in [6, 6.07) is 2.72. The Hall–Kier alpha value is -2.04. The van der Waals surface area contributed by atoms with Crippen LogP contribution in [0.2, 0.25) is 0 Å². The molecule has 0 atom stereocenters. The Kier molecular flexibility index (Phi) is 3.97. The van der Waals surface area contributed by atoms with Crippen molar-refractivity contribution >= 4 is 32.4 Å². The van der Waals surface area contributed by atoms with Crippen LogP contribution in [0.25, 0.3) is 0 Å². The van der Waals surface area contributed by atoms with Crippen LogP contribution in [0.4, 0.5) is 5.13 Å². The molecule has 1 aliphatic heterocycles. The number of carbonyl (C=O) groups is 1. The third kappa shape index (κ3) is 3.24. The number of hydrogen-bond acceptors (Lipinski definition) is 6. The van der Waals surface area contributed by atoms with E-state index >= 15 is 0 Å². The lowest BCUT2D eigenvalue weighted by molar-refractivity contribution is 0.102. The standard InChI is InChI=1S/C15H16N4O4S2/c20-13-4-1-9(7-16-13)14(21)18-15-17-11-5-6-19(8-12(11)24-15)25(22,23)10-2-3-10/h1,4,7,10H,2-3,5-6,8H2,(H,16,20)(H,17,18,21). The van der Waals surface area contributed by atoms with Crippen LogP contribution >= 0.6 is 11.3 Å². The molecule has 2 aromatic heterocycles. The summed E-state index contributed by atoms with van der Waals surface area (Å²) in [5, 5.41) is 2.92. The molecule has 1 amide bonds. The van der Waals surface area contributed by atoms with Gasteiger partial charge in [0.25, 0.3) is 5.91 Å². The summed E-state index contributed by atoms with van der Waals surface area (Å²) >= 11 is 1.29. The van der Waals surface area contributed by atoms with E-state index in [2.05, 4.69) is 15.3 Å². The van der Waals surface area contributed by atoms with E-state index in [1.807, 2.05) is 0 Å². The molecule has 1 aliphatic carbocycles. The predicted octanol–water partition coefficient (Wildman–Crippen LogP) is 0.934. The lowest BCUT2D eigenvalue weighted by Crippen LogP contribution is -2.37. The minimum Gasteiger partial charge on any atom is -0.328 e. The van der Waals surface area contributed by atoms with Crippen LogP contribution in [0.3, 0.4) is 0 Å². The van der Waals surface area contributed by atoms with Crippen LogP contribution < -0.4 is 10.9 Å². The first-order valence-corrected chi connectivity index (χ1v) is 10.2. The molecule has 0 unspecified atom stereocenters. The molecule has 0 aromatic carbocycles. The minimum atomic E-state index is -3.20. The van der Waals surface area contributed by atoms with Crippen LogP contribution in [0.1, 0.15) is 33.8 Å². The van der Waals surface area contributed by atoms with Gasteiger partial charge in [-0.15, -0.1) is 11.3 Å². The van der Waals surface area contributed by atoms with E-state index in [0.29, 0.717) is 30.2 Å². The van der Waals surface area contributed by atoms with Crippen LogP contribution in [-0.2, 0) is 23.0 Å². The topological polar surface area (TPSA) is 112 Å². The number of H-pyrrole nitrogens is 1. The predicted molar refractivity (Wildman–Crippen MR) is 93.2 cm³/mol. The summed E-state index contributed by atoms with van der Waals surface area (Å²) in [4.78, 5) is 31.0. The average molecular weight is 380 g/mol. The van der Waals surface area contributed by atoms with Gasteiger partial charge in [0.2, 0.25) is 15.6 Å². The van der Waals surface area contributed by atoms with Gasteiger partial charge in [0.05, 0.1) is 16.5 Å². The zero-order valence-electron chi connectivity index (χ0n) is 13.2. The van der Waals surface area contributed by atoms with E-state index in [-0.39, 0.29) is 16.7 Å². The van der Waals surface area contributed by atoms with E-state index in [1.54, 1.807) is 0 Å². The minimum absolute atomic E-state index is 0.221. The lowest BCUT2D eigenvalue weighted by atomic mass is 10.2. The quantitative estimate of drug-likeness (QED) is 0.820. The Balaban J connectivity index is 1.49. The van der Waals surface area contributed by atoms with Gasteiger partial charge < -0.3 is 4.98 Å². The number of carbonyl (C=O) groups excluding carboxylic acids is 1. The first-order chi connectivity index (χ1) is 11.9. The molecule has 2 aromatic rings. The first kappa shape index (κ1) is 16.4. The van der Waals surface area contributed by atoms with Crippen molar-refractivity contribution in [1.29, 1.82) is 0 Å². The van der Waals surface area contributed by atoms with Crippen LogP contribution in [0, 0.1) is 0 Å². The zero-order chi connectivity index (χ0) is 17.6. The van der Waals surface area contributed by atoms with E-state index < -0.39 is 10.0 Å². The lowest BCUT2D eigenvalue weighted by Gasteiger charge is -2.25. The molecule has 2 aliphatic rings. The molecule has 0 saturated heterocycles. The molecule has 4 rings (SSSR count). The van der Waals surface area contributed by atoms with Crippen molar-refractivity contribution in [3.63, 3.8) is 0 Å². The normalized spacial score (nSPS) is 17.9. The Morgan fingerprint density at radius 3 is 2.84 bits per heavy atom. The van der Waals surface area contributed by atoms with Crippen molar-refractivity contribution in [3.05, 3.63) is 44.8 Å². The molecule has 0 radical (unpaired) electrons. The third-order valence-electron chi connectivity index (χ3n) is 4.27. The van der Waals surface area contributed by atoms with Gasteiger partial charge in [0.15, 0.2) is 5.13 Å². The Morgan fingerprint density at radius 1 is 1.36 bits per heavy atom. The molecular weight excluding hydrogens is 364 g/mol. The van der Waals surface area contributed by atoms with E-state index in [1.165, 1.54) is 34.0 Å². The SMILES string of the molecule is O=C(Nc1nc2c(s1)CN(S(=O)(=O)C1CC1)CC2)c1ccc(=O)[nH]c1. The van der Waals surface area contributed by atoms with Crippen LogP contribution in [-0.4, -0.2) is 40.4 Å². The molecule has 10 heteroatoms. The third-order valence-corrected chi connectivity index (χ3v) is 7.61. The molecule has 25 heavy (non-hydrogen) atoms. The summed E-state index contributed by atoms with van der Waals surface area (Å²) in [5.41, 5.74) is 0.882. The van der Waals surface area contributed by atoms with Crippen LogP contribution in [0.15, 0.2) is 23.1 Å². The van der Waals surface area contributed by atoms with Crippen molar-refractivity contribution < 1.29 is 13.2 Å². The summed E-state index contributed by atoms with van der Waals surface area (Å²) in [7, 11) is -3.20. The largest absolute Gasteiger partial charge is 0.328 e. The summed E-state index contributed by atoms with van der Waals surface area (Å²) in [6.07, 6.45) is 3.38. The summed E-state index contributed by atoms with van der Waals surface area (Å²) in [6.45, 7) is 0.753. The highest BCUT2D eigenvalue weighted by Gasteiger charge is 2.41. The van der Waals surface area contributed by atoms with E-state index in [9.17, 15) is 18.0 Å². The number of fused-ring (bicyclic) bond motifs is 1. The van der Waals surface area contributed by atoms with Crippen LogP contribution in [0.5, 0.6) is 0 Å². The fourth-order valence-corrected chi connectivity index (χ4v) is 5.65. The first-order valence-electron chi connectivity index (χ1n) is 7.91. The average Bonchev–Trinajstić information content (AvgIpc) is 3.36. The van der Waals surface area contributed by atoms with Crippen molar-refractivity contribution in [2.24, 2.45) is 0 Å². The number of pyridine rings is 1. The maximum Gasteiger partial charge on any atom is 0.258 e. The number of nitrogens with one attached hydrogen (secondary N) is 2. The van der Waals surface area contributed by atoms with Crippen molar-refractivity contribution in [2.45, 2.75) is 31.1 Å². The molecule has 2 N–H and O–H groups in total. The highest BCUT2D eigenvalue weighted by atomic mass is 32.2. The fraction of sp³-hybridized carbons (Fsp3) is 0.400. The Morgan fingerprint density at radius 2 is 2.16 bits per heavy atom. The monoisotopic (exact) mass is 380 g/mol. The maximum absolute atomic E-state index is 12.4. The zero-order valence-corrected chi connectivity index (χ0v) is 14.8. The second kappa shape index (κ2) is 6.04. The van der Waals surface area contributed by atoms with Gasteiger partial charge in [0, 0.05) is 36.7 Å². The van der Waals surface area contributed by atoms with Gasteiger partial charge >= 0.3 is 0 Å². The number of amides is 1. The second-order valence-corrected chi connectivity index (χ2v) is 9.41. The Bertz CT molecular complexity index is 971. The number of hydrogen-bond donors (Lipinski definition) is 2. The Labute approximate surface area is 148 Å². The molecular formula is C15H16N4O4S2. The molecule has 3 heterocycles. The number of aromatic nitrogens is 2. The maximum atomic E-state index is 12.4. The second-order valence-electron chi connectivity index (χ2n) is 6.11. The van der Waals surface area contributed by atoms with Gasteiger partial charge in [-0.1, -0.05) is 0 Å². The van der Waals surface area contributed by atoms with Gasteiger partial charge in [-0.25, -0.2) is 13.4 Å². The molecule has 0 spiro atoms.